The maximum absolute atomic E-state index is 13.3. The standard InChI is InChI=1S/C20H22O/c1-15-12-16(2)14-17(13-15)19(21)20(10-6-7-11-20)18-8-4-3-5-9-18/h3-5,8-9,12-14H,6-7,10-11H2,1-2H3. The molecule has 0 bridgehead atoms. The van der Waals surface area contributed by atoms with Crippen molar-refractivity contribution in [3.63, 3.8) is 0 Å². The van der Waals surface area contributed by atoms with Gasteiger partial charge in [-0.25, -0.2) is 0 Å². The molecule has 0 radical (unpaired) electrons. The van der Waals surface area contributed by atoms with E-state index < -0.39 is 0 Å². The van der Waals surface area contributed by atoms with Crippen LogP contribution in [0.4, 0.5) is 0 Å². The third kappa shape index (κ3) is 2.53. The van der Waals surface area contributed by atoms with Crippen molar-refractivity contribution < 1.29 is 4.79 Å². The van der Waals surface area contributed by atoms with Crippen LogP contribution in [-0.4, -0.2) is 5.78 Å². The SMILES string of the molecule is Cc1cc(C)cc(C(=O)C2(c3ccccc3)CCCC2)c1. The molecule has 1 saturated carbocycles. The van der Waals surface area contributed by atoms with E-state index in [9.17, 15) is 4.79 Å². The van der Waals surface area contributed by atoms with Crippen molar-refractivity contribution in [3.8, 4) is 0 Å². The number of benzene rings is 2. The second-order valence-corrected chi connectivity index (χ2v) is 6.36. The van der Waals surface area contributed by atoms with E-state index in [0.29, 0.717) is 5.78 Å². The van der Waals surface area contributed by atoms with Gasteiger partial charge in [0, 0.05) is 5.56 Å². The summed E-state index contributed by atoms with van der Waals surface area (Å²) in [5, 5.41) is 0. The summed E-state index contributed by atoms with van der Waals surface area (Å²) in [4.78, 5) is 13.3. The minimum atomic E-state index is -0.304. The molecule has 0 aromatic heterocycles. The Morgan fingerprint density at radius 1 is 0.905 bits per heavy atom. The maximum atomic E-state index is 13.3. The van der Waals surface area contributed by atoms with E-state index in [-0.39, 0.29) is 5.41 Å². The number of carbonyl (C=O) groups is 1. The van der Waals surface area contributed by atoms with Gasteiger partial charge in [-0.05, 0) is 44.4 Å². The van der Waals surface area contributed by atoms with Crippen LogP contribution in [0.2, 0.25) is 0 Å². The molecule has 1 aliphatic carbocycles. The van der Waals surface area contributed by atoms with E-state index in [1.165, 1.54) is 16.7 Å². The minimum absolute atomic E-state index is 0.304. The summed E-state index contributed by atoms with van der Waals surface area (Å²) in [7, 11) is 0. The third-order valence-electron chi connectivity index (χ3n) is 4.70. The quantitative estimate of drug-likeness (QED) is 0.722. The van der Waals surface area contributed by atoms with Gasteiger partial charge in [-0.3, -0.25) is 4.79 Å². The highest BCUT2D eigenvalue weighted by Gasteiger charge is 2.42. The van der Waals surface area contributed by atoms with Crippen molar-refractivity contribution in [2.45, 2.75) is 44.9 Å². The molecule has 2 aromatic rings. The molecule has 2 aromatic carbocycles. The number of rotatable bonds is 3. The Bertz CT molecular complexity index is 629. The Morgan fingerprint density at radius 2 is 1.48 bits per heavy atom. The van der Waals surface area contributed by atoms with Crippen LogP contribution in [-0.2, 0) is 5.41 Å². The highest BCUT2D eigenvalue weighted by atomic mass is 16.1. The van der Waals surface area contributed by atoms with Gasteiger partial charge < -0.3 is 0 Å². The van der Waals surface area contributed by atoms with Crippen molar-refractivity contribution in [2.24, 2.45) is 0 Å². The lowest BCUT2D eigenvalue weighted by molar-refractivity contribution is 0.0886. The molecular formula is C20H22O. The van der Waals surface area contributed by atoms with Crippen molar-refractivity contribution in [1.29, 1.82) is 0 Å². The van der Waals surface area contributed by atoms with Crippen LogP contribution in [0.3, 0.4) is 0 Å². The highest BCUT2D eigenvalue weighted by Crippen LogP contribution is 2.43. The number of hydrogen-bond donors (Lipinski definition) is 0. The summed E-state index contributed by atoms with van der Waals surface area (Å²) in [6.45, 7) is 4.13. The minimum Gasteiger partial charge on any atom is -0.293 e. The van der Waals surface area contributed by atoms with Gasteiger partial charge in [-0.2, -0.15) is 0 Å². The molecule has 0 heterocycles. The van der Waals surface area contributed by atoms with Crippen LogP contribution in [0.15, 0.2) is 48.5 Å². The molecule has 0 atom stereocenters. The molecule has 0 saturated heterocycles. The molecule has 1 fully saturated rings. The number of carbonyl (C=O) groups excluding carboxylic acids is 1. The fourth-order valence-corrected chi connectivity index (χ4v) is 3.76. The monoisotopic (exact) mass is 278 g/mol. The Hall–Kier alpha value is -1.89. The summed E-state index contributed by atoms with van der Waals surface area (Å²) in [5.74, 6) is 0.304. The van der Waals surface area contributed by atoms with Crippen LogP contribution in [0.5, 0.6) is 0 Å². The lowest BCUT2D eigenvalue weighted by Gasteiger charge is -2.28. The van der Waals surface area contributed by atoms with Gasteiger partial charge >= 0.3 is 0 Å². The second kappa shape index (κ2) is 5.48. The summed E-state index contributed by atoms with van der Waals surface area (Å²) in [6, 6.07) is 16.6. The average molecular weight is 278 g/mol. The first-order valence-corrected chi connectivity index (χ1v) is 7.80. The van der Waals surface area contributed by atoms with Crippen molar-refractivity contribution in [2.75, 3.05) is 0 Å². The molecular weight excluding hydrogens is 256 g/mol. The van der Waals surface area contributed by atoms with Gasteiger partial charge in [-0.15, -0.1) is 0 Å². The van der Waals surface area contributed by atoms with Gasteiger partial charge in [0.15, 0.2) is 5.78 Å². The molecule has 0 N–H and O–H groups in total. The van der Waals surface area contributed by atoms with E-state index >= 15 is 0 Å². The smallest absolute Gasteiger partial charge is 0.173 e. The molecule has 0 amide bonds. The highest BCUT2D eigenvalue weighted by molar-refractivity contribution is 6.04. The van der Waals surface area contributed by atoms with E-state index in [0.717, 1.165) is 31.2 Å². The normalized spacial score (nSPS) is 16.9. The van der Waals surface area contributed by atoms with E-state index in [4.69, 9.17) is 0 Å². The van der Waals surface area contributed by atoms with Crippen molar-refractivity contribution in [3.05, 3.63) is 70.8 Å². The van der Waals surface area contributed by atoms with E-state index in [2.05, 4.69) is 32.0 Å². The largest absolute Gasteiger partial charge is 0.293 e. The molecule has 21 heavy (non-hydrogen) atoms. The summed E-state index contributed by atoms with van der Waals surface area (Å²) >= 11 is 0. The number of aryl methyl sites for hydroxylation is 2. The molecule has 1 aliphatic rings. The summed E-state index contributed by atoms with van der Waals surface area (Å²) in [5.41, 5.74) is 4.09. The van der Waals surface area contributed by atoms with Gasteiger partial charge in [0.25, 0.3) is 0 Å². The Balaban J connectivity index is 2.07. The van der Waals surface area contributed by atoms with Crippen LogP contribution in [0.25, 0.3) is 0 Å². The maximum Gasteiger partial charge on any atom is 0.173 e. The zero-order chi connectivity index (χ0) is 14.9. The molecule has 0 unspecified atom stereocenters. The van der Waals surface area contributed by atoms with Gasteiger partial charge in [0.1, 0.15) is 0 Å². The molecule has 3 rings (SSSR count). The summed E-state index contributed by atoms with van der Waals surface area (Å²) in [6.07, 6.45) is 4.24. The van der Waals surface area contributed by atoms with Crippen LogP contribution >= 0.6 is 0 Å². The van der Waals surface area contributed by atoms with Crippen LogP contribution in [0.1, 0.15) is 52.7 Å². The first-order valence-electron chi connectivity index (χ1n) is 7.80. The number of hydrogen-bond acceptors (Lipinski definition) is 1. The van der Waals surface area contributed by atoms with Gasteiger partial charge in [0.05, 0.1) is 5.41 Å². The first-order chi connectivity index (χ1) is 10.1. The topological polar surface area (TPSA) is 17.1 Å². The van der Waals surface area contributed by atoms with Crippen LogP contribution < -0.4 is 0 Å². The zero-order valence-corrected chi connectivity index (χ0v) is 12.9. The van der Waals surface area contributed by atoms with E-state index in [1.807, 2.05) is 30.3 Å². The predicted molar refractivity (Wildman–Crippen MR) is 86.8 cm³/mol. The zero-order valence-electron chi connectivity index (χ0n) is 12.9. The number of Topliss-reactive ketones (excluding diaryl/α,β-unsaturated/α-hetero) is 1. The second-order valence-electron chi connectivity index (χ2n) is 6.36. The molecule has 108 valence electrons. The van der Waals surface area contributed by atoms with Crippen LogP contribution in [0, 0.1) is 13.8 Å². The lowest BCUT2D eigenvalue weighted by Crippen LogP contribution is -2.33. The average Bonchev–Trinajstić information content (AvgIpc) is 2.97. The first kappa shape index (κ1) is 14.1. The molecule has 1 heteroatoms. The fourth-order valence-electron chi connectivity index (χ4n) is 3.76. The summed E-state index contributed by atoms with van der Waals surface area (Å²) < 4.78 is 0. The van der Waals surface area contributed by atoms with E-state index in [1.54, 1.807) is 0 Å². The van der Waals surface area contributed by atoms with Gasteiger partial charge in [-0.1, -0.05) is 60.4 Å². The van der Waals surface area contributed by atoms with Gasteiger partial charge in [0.2, 0.25) is 0 Å². The fraction of sp³-hybridized carbons (Fsp3) is 0.350. The molecule has 0 aliphatic heterocycles. The lowest BCUT2D eigenvalue weighted by atomic mass is 9.73. The Morgan fingerprint density at radius 3 is 2.05 bits per heavy atom. The van der Waals surface area contributed by atoms with Crippen molar-refractivity contribution in [1.82, 2.24) is 0 Å². The molecule has 0 spiro atoms. The molecule has 1 nitrogen and oxygen atoms in total. The Kier molecular flexibility index (Phi) is 3.67. The third-order valence-corrected chi connectivity index (χ3v) is 4.70. The number of ketones is 1. The Labute approximate surface area is 127 Å². The predicted octanol–water partition coefficient (Wildman–Crippen LogP) is 5.00. The van der Waals surface area contributed by atoms with Crippen molar-refractivity contribution >= 4 is 5.78 Å².